The molecule has 0 fully saturated rings. The standard InChI is InChI=1S/C16H15N3O3/c1-11-8-9-14(10-15(11)19(21)22)16(20)18-17-12(2)13-6-4-3-5-7-13/h3-10H,1-2H3,(H,18,20). The van der Waals surface area contributed by atoms with Gasteiger partial charge in [0.1, 0.15) is 0 Å². The molecule has 1 amide bonds. The van der Waals surface area contributed by atoms with Crippen molar-refractivity contribution < 1.29 is 9.72 Å². The third-order valence-electron chi connectivity index (χ3n) is 3.18. The zero-order valence-electron chi connectivity index (χ0n) is 12.2. The fourth-order valence-electron chi connectivity index (χ4n) is 1.89. The van der Waals surface area contributed by atoms with Gasteiger partial charge in [0, 0.05) is 17.2 Å². The van der Waals surface area contributed by atoms with Crippen molar-refractivity contribution in [2.45, 2.75) is 13.8 Å². The minimum absolute atomic E-state index is 0.0867. The van der Waals surface area contributed by atoms with Crippen LogP contribution in [0.15, 0.2) is 53.6 Å². The second kappa shape index (κ2) is 6.62. The Kier molecular flexibility index (Phi) is 4.63. The number of carbonyl (C=O) groups is 1. The zero-order chi connectivity index (χ0) is 16.1. The lowest BCUT2D eigenvalue weighted by atomic mass is 10.1. The smallest absolute Gasteiger partial charge is 0.267 e. The minimum atomic E-state index is -0.509. The molecule has 0 saturated carbocycles. The number of rotatable bonds is 4. The van der Waals surface area contributed by atoms with Crippen LogP contribution in [0.3, 0.4) is 0 Å². The second-order valence-electron chi connectivity index (χ2n) is 4.76. The Labute approximate surface area is 127 Å². The van der Waals surface area contributed by atoms with E-state index in [1.54, 1.807) is 19.9 Å². The van der Waals surface area contributed by atoms with Crippen molar-refractivity contribution in [2.24, 2.45) is 5.10 Å². The highest BCUT2D eigenvalue weighted by Crippen LogP contribution is 2.19. The average molecular weight is 297 g/mol. The van der Waals surface area contributed by atoms with Gasteiger partial charge in [-0.25, -0.2) is 5.43 Å². The molecular weight excluding hydrogens is 282 g/mol. The maximum atomic E-state index is 12.0. The molecule has 0 aromatic heterocycles. The highest BCUT2D eigenvalue weighted by Gasteiger charge is 2.14. The summed E-state index contributed by atoms with van der Waals surface area (Å²) in [6.45, 7) is 3.39. The second-order valence-corrected chi connectivity index (χ2v) is 4.76. The maximum Gasteiger partial charge on any atom is 0.273 e. The summed E-state index contributed by atoms with van der Waals surface area (Å²) in [6.07, 6.45) is 0. The summed E-state index contributed by atoms with van der Waals surface area (Å²) in [5.41, 5.74) is 4.56. The lowest BCUT2D eigenvalue weighted by Crippen LogP contribution is -2.19. The van der Waals surface area contributed by atoms with E-state index in [-0.39, 0.29) is 11.3 Å². The van der Waals surface area contributed by atoms with E-state index >= 15 is 0 Å². The van der Waals surface area contributed by atoms with Gasteiger partial charge in [-0.15, -0.1) is 0 Å². The monoisotopic (exact) mass is 297 g/mol. The molecule has 112 valence electrons. The third-order valence-corrected chi connectivity index (χ3v) is 3.18. The molecule has 0 spiro atoms. The summed E-state index contributed by atoms with van der Waals surface area (Å²) in [7, 11) is 0. The van der Waals surface area contributed by atoms with Gasteiger partial charge in [0.25, 0.3) is 11.6 Å². The summed E-state index contributed by atoms with van der Waals surface area (Å²) < 4.78 is 0. The van der Waals surface area contributed by atoms with Crippen molar-refractivity contribution in [2.75, 3.05) is 0 Å². The summed E-state index contributed by atoms with van der Waals surface area (Å²) >= 11 is 0. The average Bonchev–Trinajstić information content (AvgIpc) is 2.53. The zero-order valence-corrected chi connectivity index (χ0v) is 12.2. The Morgan fingerprint density at radius 1 is 1.14 bits per heavy atom. The SMILES string of the molecule is CC(=NNC(=O)c1ccc(C)c([N+](=O)[O-])c1)c1ccccc1. The lowest BCUT2D eigenvalue weighted by Gasteiger charge is -2.04. The van der Waals surface area contributed by atoms with E-state index in [0.29, 0.717) is 11.3 Å². The van der Waals surface area contributed by atoms with Crippen LogP contribution in [0.2, 0.25) is 0 Å². The van der Waals surface area contributed by atoms with E-state index in [4.69, 9.17) is 0 Å². The van der Waals surface area contributed by atoms with Crippen LogP contribution in [0.5, 0.6) is 0 Å². The van der Waals surface area contributed by atoms with Crippen LogP contribution in [-0.4, -0.2) is 16.5 Å². The predicted octanol–water partition coefficient (Wildman–Crippen LogP) is 3.06. The number of carbonyl (C=O) groups excluding carboxylic acids is 1. The number of nitrogens with one attached hydrogen (secondary N) is 1. The first kappa shape index (κ1) is 15.4. The molecule has 0 radical (unpaired) electrons. The summed E-state index contributed by atoms with van der Waals surface area (Å²) in [4.78, 5) is 22.4. The van der Waals surface area contributed by atoms with Crippen molar-refractivity contribution in [1.82, 2.24) is 5.43 Å². The summed E-state index contributed by atoms with van der Waals surface area (Å²) in [5, 5.41) is 14.9. The molecule has 0 atom stereocenters. The van der Waals surface area contributed by atoms with Crippen molar-refractivity contribution in [3.63, 3.8) is 0 Å². The molecule has 2 aromatic rings. The van der Waals surface area contributed by atoms with Crippen molar-refractivity contribution in [3.05, 3.63) is 75.3 Å². The van der Waals surface area contributed by atoms with Crippen LogP contribution >= 0.6 is 0 Å². The molecule has 6 heteroatoms. The van der Waals surface area contributed by atoms with E-state index in [0.717, 1.165) is 5.56 Å². The van der Waals surface area contributed by atoms with Gasteiger partial charge in [-0.3, -0.25) is 14.9 Å². The van der Waals surface area contributed by atoms with Crippen molar-refractivity contribution >= 4 is 17.3 Å². The molecule has 0 heterocycles. The number of amides is 1. The number of hydrogen-bond donors (Lipinski definition) is 1. The fourth-order valence-corrected chi connectivity index (χ4v) is 1.89. The summed E-state index contributed by atoms with van der Waals surface area (Å²) in [5.74, 6) is -0.488. The summed E-state index contributed by atoms with van der Waals surface area (Å²) in [6, 6.07) is 13.7. The largest absolute Gasteiger partial charge is 0.273 e. The van der Waals surface area contributed by atoms with Crippen LogP contribution in [-0.2, 0) is 0 Å². The molecule has 1 N–H and O–H groups in total. The van der Waals surface area contributed by atoms with Crippen molar-refractivity contribution in [3.8, 4) is 0 Å². The number of nitrogens with zero attached hydrogens (tertiary/aromatic N) is 2. The number of nitro benzene ring substituents is 1. The molecule has 2 aromatic carbocycles. The Bertz CT molecular complexity index is 740. The van der Waals surface area contributed by atoms with Crippen LogP contribution in [0.1, 0.15) is 28.4 Å². The Balaban J connectivity index is 2.16. The highest BCUT2D eigenvalue weighted by molar-refractivity contribution is 6.01. The van der Waals surface area contributed by atoms with Gasteiger partial charge in [-0.05, 0) is 25.5 Å². The van der Waals surface area contributed by atoms with Gasteiger partial charge in [-0.2, -0.15) is 5.10 Å². The van der Waals surface area contributed by atoms with Crippen LogP contribution in [0, 0.1) is 17.0 Å². The topological polar surface area (TPSA) is 84.6 Å². The maximum absolute atomic E-state index is 12.0. The van der Waals surface area contributed by atoms with E-state index in [2.05, 4.69) is 10.5 Å². The number of nitro groups is 1. The van der Waals surface area contributed by atoms with Crippen molar-refractivity contribution in [1.29, 1.82) is 0 Å². The normalized spacial score (nSPS) is 11.1. The Hall–Kier alpha value is -3.02. The van der Waals surface area contributed by atoms with Gasteiger partial charge in [-0.1, -0.05) is 36.4 Å². The van der Waals surface area contributed by atoms with Gasteiger partial charge in [0.2, 0.25) is 0 Å². The van der Waals surface area contributed by atoms with E-state index < -0.39 is 10.8 Å². The number of aryl methyl sites for hydroxylation is 1. The van der Waals surface area contributed by atoms with E-state index in [1.807, 2.05) is 30.3 Å². The van der Waals surface area contributed by atoms with E-state index in [1.165, 1.54) is 12.1 Å². The van der Waals surface area contributed by atoms with Crippen LogP contribution in [0.4, 0.5) is 5.69 Å². The molecule has 0 unspecified atom stereocenters. The number of hydrogen-bond acceptors (Lipinski definition) is 4. The van der Waals surface area contributed by atoms with Gasteiger partial charge in [0.15, 0.2) is 0 Å². The molecule has 0 saturated heterocycles. The third kappa shape index (κ3) is 3.54. The molecular formula is C16H15N3O3. The highest BCUT2D eigenvalue weighted by atomic mass is 16.6. The van der Waals surface area contributed by atoms with Crippen LogP contribution < -0.4 is 5.43 Å². The quantitative estimate of drug-likeness (QED) is 0.534. The van der Waals surface area contributed by atoms with Gasteiger partial charge in [0.05, 0.1) is 10.6 Å². The molecule has 2 rings (SSSR count). The lowest BCUT2D eigenvalue weighted by molar-refractivity contribution is -0.385. The molecule has 0 aliphatic carbocycles. The molecule has 0 bridgehead atoms. The van der Waals surface area contributed by atoms with E-state index in [9.17, 15) is 14.9 Å². The molecule has 22 heavy (non-hydrogen) atoms. The van der Waals surface area contributed by atoms with Crippen LogP contribution in [0.25, 0.3) is 0 Å². The fraction of sp³-hybridized carbons (Fsp3) is 0.125. The molecule has 0 aliphatic rings. The first-order valence-corrected chi connectivity index (χ1v) is 6.64. The first-order valence-electron chi connectivity index (χ1n) is 6.64. The number of hydrazone groups is 1. The molecule has 0 aliphatic heterocycles. The molecule has 6 nitrogen and oxygen atoms in total. The first-order chi connectivity index (χ1) is 10.5. The Morgan fingerprint density at radius 2 is 1.82 bits per heavy atom. The Morgan fingerprint density at radius 3 is 2.45 bits per heavy atom. The number of benzene rings is 2. The predicted molar refractivity (Wildman–Crippen MR) is 84.0 cm³/mol. The minimum Gasteiger partial charge on any atom is -0.267 e. The van der Waals surface area contributed by atoms with Gasteiger partial charge < -0.3 is 0 Å². The van der Waals surface area contributed by atoms with Gasteiger partial charge >= 0.3 is 0 Å².